The van der Waals surface area contributed by atoms with Crippen molar-refractivity contribution < 1.29 is 9.53 Å². The summed E-state index contributed by atoms with van der Waals surface area (Å²) in [5.41, 5.74) is 0.442. The first-order valence-corrected chi connectivity index (χ1v) is 6.14. The molecule has 0 atom stereocenters. The lowest BCUT2D eigenvalue weighted by Gasteiger charge is -2.19. The van der Waals surface area contributed by atoms with E-state index in [4.69, 9.17) is 21.6 Å². The Bertz CT molecular complexity index is 690. The Morgan fingerprint density at radius 3 is 2.68 bits per heavy atom. The van der Waals surface area contributed by atoms with Gasteiger partial charge >= 0.3 is 6.09 Å². The molecule has 0 amide bonds. The van der Waals surface area contributed by atoms with E-state index in [0.29, 0.717) is 21.5 Å². The van der Waals surface area contributed by atoms with Gasteiger partial charge in [0.05, 0.1) is 22.2 Å². The number of hydrogen-bond donors (Lipinski definition) is 0. The molecular weight excluding hydrogens is 264 g/mol. The highest BCUT2D eigenvalue weighted by Gasteiger charge is 2.20. The van der Waals surface area contributed by atoms with Gasteiger partial charge in [0.1, 0.15) is 5.60 Å². The molecule has 0 saturated heterocycles. The van der Waals surface area contributed by atoms with Crippen molar-refractivity contribution in [3.8, 4) is 6.07 Å². The molecule has 1 aromatic heterocycles. The van der Waals surface area contributed by atoms with Crippen LogP contribution >= 0.6 is 11.6 Å². The number of carbonyl (C=O) groups excluding carboxylic acids is 1. The van der Waals surface area contributed by atoms with Crippen LogP contribution in [-0.4, -0.2) is 16.3 Å². The summed E-state index contributed by atoms with van der Waals surface area (Å²) >= 11 is 6.08. The summed E-state index contributed by atoms with van der Waals surface area (Å²) in [6.07, 6.45) is 0.987. The van der Waals surface area contributed by atoms with Crippen LogP contribution in [0.5, 0.6) is 0 Å². The fourth-order valence-electron chi connectivity index (χ4n) is 1.72. The van der Waals surface area contributed by atoms with Gasteiger partial charge in [0.2, 0.25) is 0 Å². The number of aromatic nitrogens is 1. The van der Waals surface area contributed by atoms with Crippen molar-refractivity contribution in [3.05, 3.63) is 35.0 Å². The van der Waals surface area contributed by atoms with Gasteiger partial charge in [0, 0.05) is 11.6 Å². The molecule has 5 heteroatoms. The topological polar surface area (TPSA) is 55.0 Å². The summed E-state index contributed by atoms with van der Waals surface area (Å²) in [5, 5.41) is 10.1. The highest BCUT2D eigenvalue weighted by Crippen LogP contribution is 2.27. The number of ether oxygens (including phenoxy) is 1. The normalized spacial score (nSPS) is 11.3. The Labute approximate surface area is 116 Å². The second-order valence-electron chi connectivity index (χ2n) is 5.17. The average Bonchev–Trinajstić information content (AvgIpc) is 2.64. The molecule has 0 bridgehead atoms. The molecule has 2 rings (SSSR count). The fourth-order valence-corrected chi connectivity index (χ4v) is 1.97. The molecule has 98 valence electrons. The lowest BCUT2D eigenvalue weighted by Crippen LogP contribution is -2.26. The van der Waals surface area contributed by atoms with Gasteiger partial charge in [0.25, 0.3) is 0 Å². The maximum Gasteiger partial charge on any atom is 0.419 e. The Hall–Kier alpha value is -1.99. The Kier molecular flexibility index (Phi) is 3.25. The van der Waals surface area contributed by atoms with Crippen molar-refractivity contribution in [1.82, 2.24) is 4.57 Å². The minimum absolute atomic E-state index is 0.449. The first-order valence-electron chi connectivity index (χ1n) is 5.76. The quantitative estimate of drug-likeness (QED) is 0.732. The standard InChI is InChI=1S/C14H13ClN2O2/c1-14(2,3)19-13(18)17-8-11(15)10-5-4-9(7-16)6-12(10)17/h4-6,8H,1-3H3. The summed E-state index contributed by atoms with van der Waals surface area (Å²) in [7, 11) is 0. The third-order valence-electron chi connectivity index (χ3n) is 2.48. The van der Waals surface area contributed by atoms with Crippen molar-refractivity contribution in [1.29, 1.82) is 5.26 Å². The van der Waals surface area contributed by atoms with Crippen LogP contribution in [-0.2, 0) is 4.74 Å². The predicted molar refractivity (Wildman–Crippen MR) is 73.3 cm³/mol. The lowest BCUT2D eigenvalue weighted by molar-refractivity contribution is 0.0544. The minimum Gasteiger partial charge on any atom is -0.443 e. The van der Waals surface area contributed by atoms with E-state index in [0.717, 1.165) is 0 Å². The minimum atomic E-state index is -0.590. The lowest BCUT2D eigenvalue weighted by atomic mass is 10.2. The van der Waals surface area contributed by atoms with Crippen LogP contribution < -0.4 is 0 Å². The summed E-state index contributed by atoms with van der Waals surface area (Å²) in [6, 6.07) is 7.03. The molecule has 0 aliphatic heterocycles. The highest BCUT2D eigenvalue weighted by molar-refractivity contribution is 6.36. The number of halogens is 1. The van der Waals surface area contributed by atoms with E-state index in [1.165, 1.54) is 10.8 Å². The molecule has 0 N–H and O–H groups in total. The predicted octanol–water partition coefficient (Wildman–Crippen LogP) is 3.95. The van der Waals surface area contributed by atoms with Gasteiger partial charge in [-0.25, -0.2) is 4.79 Å². The molecule has 0 saturated carbocycles. The van der Waals surface area contributed by atoms with Crippen molar-refractivity contribution >= 4 is 28.6 Å². The van der Waals surface area contributed by atoms with Gasteiger partial charge < -0.3 is 4.74 Å². The van der Waals surface area contributed by atoms with Crippen LogP contribution in [0.25, 0.3) is 10.9 Å². The number of carbonyl (C=O) groups is 1. The number of hydrogen-bond acceptors (Lipinski definition) is 3. The van der Waals surface area contributed by atoms with Gasteiger partial charge in [-0.15, -0.1) is 0 Å². The van der Waals surface area contributed by atoms with E-state index in [-0.39, 0.29) is 0 Å². The van der Waals surface area contributed by atoms with E-state index >= 15 is 0 Å². The molecule has 0 fully saturated rings. The van der Waals surface area contributed by atoms with E-state index in [2.05, 4.69) is 0 Å². The molecule has 4 nitrogen and oxygen atoms in total. The maximum absolute atomic E-state index is 12.1. The van der Waals surface area contributed by atoms with Gasteiger partial charge in [0.15, 0.2) is 0 Å². The van der Waals surface area contributed by atoms with Crippen LogP contribution in [0.15, 0.2) is 24.4 Å². The Balaban J connectivity index is 2.55. The van der Waals surface area contributed by atoms with Crippen molar-refractivity contribution in [2.24, 2.45) is 0 Å². The zero-order valence-electron chi connectivity index (χ0n) is 10.9. The number of rotatable bonds is 0. The second-order valence-corrected chi connectivity index (χ2v) is 5.58. The zero-order chi connectivity index (χ0) is 14.2. The molecule has 0 aliphatic rings. The highest BCUT2D eigenvalue weighted by atomic mass is 35.5. The average molecular weight is 277 g/mol. The van der Waals surface area contributed by atoms with Crippen LogP contribution in [0.1, 0.15) is 26.3 Å². The SMILES string of the molecule is CC(C)(C)OC(=O)n1cc(Cl)c2ccc(C#N)cc21. The zero-order valence-corrected chi connectivity index (χ0v) is 11.7. The Morgan fingerprint density at radius 1 is 1.42 bits per heavy atom. The molecule has 2 aromatic rings. The molecule has 1 aromatic carbocycles. The van der Waals surface area contributed by atoms with Crippen molar-refractivity contribution in [2.75, 3.05) is 0 Å². The first kappa shape index (κ1) is 13.4. The van der Waals surface area contributed by atoms with E-state index in [9.17, 15) is 4.79 Å². The van der Waals surface area contributed by atoms with Crippen LogP contribution in [0.3, 0.4) is 0 Å². The summed E-state index contributed by atoms with van der Waals surface area (Å²) in [4.78, 5) is 12.1. The maximum atomic E-state index is 12.1. The van der Waals surface area contributed by atoms with Gasteiger partial charge in [-0.05, 0) is 39.0 Å². The molecule has 0 unspecified atom stereocenters. The van der Waals surface area contributed by atoms with E-state index in [1.807, 2.05) is 6.07 Å². The van der Waals surface area contributed by atoms with Crippen molar-refractivity contribution in [2.45, 2.75) is 26.4 Å². The number of nitriles is 1. The smallest absolute Gasteiger partial charge is 0.419 e. The van der Waals surface area contributed by atoms with Crippen LogP contribution in [0.4, 0.5) is 4.79 Å². The van der Waals surface area contributed by atoms with Gasteiger partial charge in [-0.3, -0.25) is 4.57 Å². The molecule has 19 heavy (non-hydrogen) atoms. The summed E-state index contributed by atoms with van der Waals surface area (Å²) in [6.45, 7) is 5.37. The second kappa shape index (κ2) is 4.60. The molecular formula is C14H13ClN2O2. The number of fused-ring (bicyclic) bond motifs is 1. The van der Waals surface area contributed by atoms with Crippen molar-refractivity contribution in [3.63, 3.8) is 0 Å². The largest absolute Gasteiger partial charge is 0.443 e. The van der Waals surface area contributed by atoms with E-state index < -0.39 is 11.7 Å². The number of nitrogens with zero attached hydrogens (tertiary/aromatic N) is 2. The van der Waals surface area contributed by atoms with Gasteiger partial charge in [-0.1, -0.05) is 11.6 Å². The number of benzene rings is 1. The molecule has 1 heterocycles. The van der Waals surface area contributed by atoms with Crippen LogP contribution in [0, 0.1) is 11.3 Å². The molecule has 0 radical (unpaired) electrons. The Morgan fingerprint density at radius 2 is 2.11 bits per heavy atom. The van der Waals surface area contributed by atoms with Gasteiger partial charge in [-0.2, -0.15) is 5.26 Å². The van der Waals surface area contributed by atoms with Crippen LogP contribution in [0.2, 0.25) is 5.02 Å². The van der Waals surface area contributed by atoms with E-state index in [1.54, 1.807) is 39.0 Å². The third kappa shape index (κ3) is 2.72. The monoisotopic (exact) mass is 276 g/mol. The molecule has 0 spiro atoms. The summed E-state index contributed by atoms with van der Waals surface area (Å²) in [5.74, 6) is 0. The fraction of sp³-hybridized carbons (Fsp3) is 0.286. The molecule has 0 aliphatic carbocycles. The summed E-state index contributed by atoms with van der Waals surface area (Å²) < 4.78 is 6.62. The first-order chi connectivity index (χ1) is 8.81. The third-order valence-corrected chi connectivity index (χ3v) is 2.78.